The number of likely N-dealkylation sites (tertiary alicyclic amines) is 1. The van der Waals surface area contributed by atoms with Crippen molar-refractivity contribution in [3.05, 3.63) is 63.3 Å². The van der Waals surface area contributed by atoms with Gasteiger partial charge in [-0.15, -0.1) is 0 Å². The Labute approximate surface area is 220 Å². The minimum Gasteiger partial charge on any atom is -0.487 e. The van der Waals surface area contributed by atoms with Crippen LogP contribution in [0.25, 0.3) is 10.9 Å². The summed E-state index contributed by atoms with van der Waals surface area (Å²) < 4.78 is 35.1. The SMILES string of the molecule is Cc1cc(C)c2cccc(OCc3c(Cl)ccc(S(=O)(=O)NC4(C(=O)O)CCN(C)CC4)c3Cl)c2n1. The second-order valence-corrected chi connectivity index (χ2v) is 11.6. The Hall–Kier alpha value is -2.43. The number of benzene rings is 2. The number of carboxylic acid groups (broad SMARTS) is 1. The summed E-state index contributed by atoms with van der Waals surface area (Å²) >= 11 is 12.9. The number of aromatic nitrogens is 1. The van der Waals surface area contributed by atoms with Gasteiger partial charge in [0.15, 0.2) is 0 Å². The van der Waals surface area contributed by atoms with Gasteiger partial charge < -0.3 is 14.7 Å². The molecule has 0 bridgehead atoms. The zero-order valence-electron chi connectivity index (χ0n) is 20.1. The molecule has 0 spiro atoms. The van der Waals surface area contributed by atoms with Gasteiger partial charge in [-0.3, -0.25) is 4.79 Å². The van der Waals surface area contributed by atoms with Crippen molar-refractivity contribution < 1.29 is 23.1 Å². The number of aliphatic carboxylic acids is 1. The Morgan fingerprint density at radius 1 is 1.19 bits per heavy atom. The molecule has 0 radical (unpaired) electrons. The van der Waals surface area contributed by atoms with Gasteiger partial charge in [-0.1, -0.05) is 35.3 Å². The molecule has 1 fully saturated rings. The van der Waals surface area contributed by atoms with Crippen LogP contribution in [0.2, 0.25) is 10.0 Å². The molecule has 3 aromatic rings. The van der Waals surface area contributed by atoms with Gasteiger partial charge in [0.25, 0.3) is 0 Å². The van der Waals surface area contributed by atoms with E-state index < -0.39 is 21.5 Å². The summed E-state index contributed by atoms with van der Waals surface area (Å²) in [5, 5.41) is 10.9. The van der Waals surface area contributed by atoms with E-state index in [1.807, 2.05) is 44.0 Å². The van der Waals surface area contributed by atoms with E-state index in [0.29, 0.717) is 24.4 Å². The summed E-state index contributed by atoms with van der Waals surface area (Å²) in [6.07, 6.45) is 0.262. The van der Waals surface area contributed by atoms with E-state index >= 15 is 0 Å². The Morgan fingerprint density at radius 2 is 1.89 bits per heavy atom. The maximum atomic E-state index is 13.3. The number of nitrogens with one attached hydrogen (secondary N) is 1. The van der Waals surface area contributed by atoms with Crippen LogP contribution in [0.1, 0.15) is 29.7 Å². The number of carboxylic acids is 1. The third-order valence-corrected chi connectivity index (χ3v) is 9.01. The maximum absolute atomic E-state index is 13.3. The lowest BCUT2D eigenvalue weighted by molar-refractivity contribution is -0.146. The van der Waals surface area contributed by atoms with E-state index in [9.17, 15) is 18.3 Å². The van der Waals surface area contributed by atoms with Crippen LogP contribution < -0.4 is 9.46 Å². The number of rotatable bonds is 7. The molecule has 36 heavy (non-hydrogen) atoms. The van der Waals surface area contributed by atoms with Gasteiger partial charge in [0, 0.05) is 34.8 Å². The zero-order chi connectivity index (χ0) is 26.3. The van der Waals surface area contributed by atoms with Crippen molar-refractivity contribution in [2.75, 3.05) is 20.1 Å². The van der Waals surface area contributed by atoms with Gasteiger partial charge in [-0.2, -0.15) is 4.72 Å². The monoisotopic (exact) mass is 551 g/mol. The van der Waals surface area contributed by atoms with Crippen LogP contribution in [0.3, 0.4) is 0 Å². The normalized spacial score (nSPS) is 16.2. The number of nitrogens with zero attached hydrogens (tertiary/aromatic N) is 2. The molecule has 0 saturated carbocycles. The van der Waals surface area contributed by atoms with Crippen molar-refractivity contribution in [1.29, 1.82) is 0 Å². The first-order valence-electron chi connectivity index (χ1n) is 11.4. The predicted octanol–water partition coefficient (Wildman–Crippen LogP) is 4.56. The lowest BCUT2D eigenvalue weighted by atomic mass is 9.89. The minimum absolute atomic E-state index is 0.107. The van der Waals surface area contributed by atoms with Crippen LogP contribution in [0, 0.1) is 13.8 Å². The molecule has 1 saturated heterocycles. The number of ether oxygens (including phenoxy) is 1. The molecule has 2 heterocycles. The molecule has 4 rings (SSSR count). The summed E-state index contributed by atoms with van der Waals surface area (Å²) in [5.74, 6) is -0.712. The molecular weight excluding hydrogens is 525 g/mol. The number of pyridine rings is 1. The molecule has 2 N–H and O–H groups in total. The molecule has 0 unspecified atom stereocenters. The zero-order valence-corrected chi connectivity index (χ0v) is 22.5. The van der Waals surface area contributed by atoms with Crippen molar-refractivity contribution in [2.24, 2.45) is 0 Å². The Kier molecular flexibility index (Phi) is 7.50. The van der Waals surface area contributed by atoms with Crippen LogP contribution in [0.4, 0.5) is 0 Å². The van der Waals surface area contributed by atoms with Crippen molar-refractivity contribution in [1.82, 2.24) is 14.6 Å². The first-order valence-corrected chi connectivity index (χ1v) is 13.6. The molecule has 1 aromatic heterocycles. The fourth-order valence-electron chi connectivity index (χ4n) is 4.41. The number of carbonyl (C=O) groups is 1. The van der Waals surface area contributed by atoms with E-state index in [4.69, 9.17) is 27.9 Å². The van der Waals surface area contributed by atoms with Gasteiger partial charge >= 0.3 is 5.97 Å². The standard InChI is InChI=1S/C25H27Cl2N3O5S/c1-15-13-16(2)28-23-17(15)5-4-6-20(23)35-14-18-19(26)7-8-21(22(18)27)36(33,34)29-25(24(31)32)9-11-30(3)12-10-25/h4-8,13,29H,9-12,14H2,1-3H3,(H,31,32). The lowest BCUT2D eigenvalue weighted by Gasteiger charge is -2.37. The quantitative estimate of drug-likeness (QED) is 0.442. The topological polar surface area (TPSA) is 109 Å². The number of hydrogen-bond donors (Lipinski definition) is 2. The van der Waals surface area contributed by atoms with Crippen molar-refractivity contribution in [2.45, 2.75) is 43.7 Å². The molecule has 192 valence electrons. The van der Waals surface area contributed by atoms with Gasteiger partial charge in [0.05, 0.1) is 5.02 Å². The smallest absolute Gasteiger partial charge is 0.324 e. The van der Waals surface area contributed by atoms with Gasteiger partial charge in [-0.25, -0.2) is 13.4 Å². The van der Waals surface area contributed by atoms with Crippen molar-refractivity contribution >= 4 is 50.1 Å². The first kappa shape index (κ1) is 26.6. The highest BCUT2D eigenvalue weighted by atomic mass is 35.5. The Morgan fingerprint density at radius 3 is 2.56 bits per heavy atom. The lowest BCUT2D eigenvalue weighted by Crippen LogP contribution is -2.59. The number of piperidine rings is 1. The van der Waals surface area contributed by atoms with Crippen LogP contribution in [0.15, 0.2) is 41.3 Å². The number of halogens is 2. The summed E-state index contributed by atoms with van der Waals surface area (Å²) in [7, 11) is -2.43. The Balaban J connectivity index is 1.65. The van der Waals surface area contributed by atoms with Crippen LogP contribution in [0.5, 0.6) is 5.75 Å². The van der Waals surface area contributed by atoms with Gasteiger partial charge in [0.1, 0.15) is 28.3 Å². The maximum Gasteiger partial charge on any atom is 0.324 e. The summed E-state index contributed by atoms with van der Waals surface area (Å²) in [4.78, 5) is 18.4. The number of hydrogen-bond acceptors (Lipinski definition) is 6. The number of sulfonamides is 1. The third kappa shape index (κ3) is 5.17. The molecule has 11 heteroatoms. The van der Waals surface area contributed by atoms with Crippen LogP contribution in [-0.4, -0.2) is 55.1 Å². The van der Waals surface area contributed by atoms with Crippen LogP contribution in [-0.2, 0) is 21.4 Å². The highest BCUT2D eigenvalue weighted by molar-refractivity contribution is 7.89. The summed E-state index contributed by atoms with van der Waals surface area (Å²) in [6, 6.07) is 10.2. The first-order chi connectivity index (χ1) is 16.9. The molecule has 0 amide bonds. The van der Waals surface area contributed by atoms with E-state index in [-0.39, 0.29) is 40.0 Å². The third-order valence-electron chi connectivity index (χ3n) is 6.53. The van der Waals surface area contributed by atoms with E-state index in [1.54, 1.807) is 6.07 Å². The molecular formula is C25H27Cl2N3O5S. The second kappa shape index (κ2) is 10.1. The molecule has 1 aliphatic heterocycles. The minimum atomic E-state index is -4.29. The van der Waals surface area contributed by atoms with Crippen molar-refractivity contribution in [3.8, 4) is 5.75 Å². The van der Waals surface area contributed by atoms with E-state index in [2.05, 4.69) is 9.71 Å². The number of aryl methyl sites for hydroxylation is 2. The molecule has 0 atom stereocenters. The molecule has 1 aliphatic rings. The number of fused-ring (bicyclic) bond motifs is 1. The van der Waals surface area contributed by atoms with Gasteiger partial charge in [0.2, 0.25) is 10.0 Å². The molecule has 2 aromatic carbocycles. The fourth-order valence-corrected chi connectivity index (χ4v) is 6.72. The summed E-state index contributed by atoms with van der Waals surface area (Å²) in [6.45, 7) is 4.67. The average Bonchev–Trinajstić information content (AvgIpc) is 2.80. The predicted molar refractivity (Wildman–Crippen MR) is 139 cm³/mol. The van der Waals surface area contributed by atoms with Crippen molar-refractivity contribution in [3.63, 3.8) is 0 Å². The van der Waals surface area contributed by atoms with E-state index in [1.165, 1.54) is 12.1 Å². The largest absolute Gasteiger partial charge is 0.487 e. The summed E-state index contributed by atoms with van der Waals surface area (Å²) in [5.41, 5.74) is 1.23. The van der Waals surface area contributed by atoms with Crippen LogP contribution >= 0.6 is 23.2 Å². The number of para-hydroxylation sites is 1. The molecule has 8 nitrogen and oxygen atoms in total. The second-order valence-electron chi connectivity index (χ2n) is 9.16. The average molecular weight is 552 g/mol. The highest BCUT2D eigenvalue weighted by Gasteiger charge is 2.45. The fraction of sp³-hybridized carbons (Fsp3) is 0.360. The van der Waals surface area contributed by atoms with E-state index in [0.717, 1.165) is 16.6 Å². The highest BCUT2D eigenvalue weighted by Crippen LogP contribution is 2.35. The van der Waals surface area contributed by atoms with Gasteiger partial charge in [-0.05, 0) is 63.6 Å². The molecule has 0 aliphatic carbocycles. The Bertz CT molecular complexity index is 1440.